The van der Waals surface area contributed by atoms with Gasteiger partial charge in [0.05, 0.1) is 11.5 Å². The molecule has 3 rings (SSSR count). The molecule has 0 bridgehead atoms. The van der Waals surface area contributed by atoms with E-state index in [2.05, 4.69) is 5.32 Å². The van der Waals surface area contributed by atoms with E-state index in [0.29, 0.717) is 36.5 Å². The zero-order chi connectivity index (χ0) is 20.1. The van der Waals surface area contributed by atoms with Gasteiger partial charge in [0.2, 0.25) is 10.0 Å². The molecule has 1 aliphatic rings. The molecule has 1 saturated heterocycles. The predicted molar refractivity (Wildman–Crippen MR) is 109 cm³/mol. The number of carbonyl (C=O) groups is 1. The summed E-state index contributed by atoms with van der Waals surface area (Å²) in [4.78, 5) is 12.8. The lowest BCUT2D eigenvalue weighted by Crippen LogP contribution is -2.36. The molecule has 0 saturated carbocycles. The van der Waals surface area contributed by atoms with Gasteiger partial charge in [-0.1, -0.05) is 12.5 Å². The Bertz CT molecular complexity index is 933. The summed E-state index contributed by atoms with van der Waals surface area (Å²) in [5, 5.41) is 2.80. The van der Waals surface area contributed by atoms with Crippen LogP contribution < -0.4 is 10.1 Å². The van der Waals surface area contributed by atoms with Crippen molar-refractivity contribution in [1.82, 2.24) is 4.31 Å². The van der Waals surface area contributed by atoms with Gasteiger partial charge in [0.25, 0.3) is 5.91 Å². The van der Waals surface area contributed by atoms with Gasteiger partial charge in [-0.2, -0.15) is 4.31 Å². The first-order valence-corrected chi connectivity index (χ1v) is 11.0. The quantitative estimate of drug-likeness (QED) is 0.797. The Kier molecular flexibility index (Phi) is 6.36. The molecule has 7 heteroatoms. The minimum absolute atomic E-state index is 0.203. The van der Waals surface area contributed by atoms with Crippen molar-refractivity contribution in [3.8, 4) is 5.75 Å². The number of piperidine rings is 1. The molecular weight excluding hydrogens is 376 g/mol. The first-order chi connectivity index (χ1) is 13.4. The van der Waals surface area contributed by atoms with Crippen molar-refractivity contribution in [2.24, 2.45) is 0 Å². The minimum Gasteiger partial charge on any atom is -0.494 e. The van der Waals surface area contributed by atoms with Crippen molar-refractivity contribution in [3.05, 3.63) is 53.6 Å². The molecule has 0 aromatic heterocycles. The lowest BCUT2D eigenvalue weighted by molar-refractivity contribution is 0.102. The standard InChI is InChI=1S/C21H26N2O4S/c1-3-27-19-11-9-18(10-12-19)22-21(24)17-8-7-16(2)20(15-17)28(25,26)23-13-5-4-6-14-23/h7-12,15H,3-6,13-14H2,1-2H3,(H,22,24). The van der Waals surface area contributed by atoms with Crippen molar-refractivity contribution in [2.75, 3.05) is 25.0 Å². The van der Waals surface area contributed by atoms with Crippen molar-refractivity contribution in [3.63, 3.8) is 0 Å². The van der Waals surface area contributed by atoms with Gasteiger partial charge in [0.1, 0.15) is 5.75 Å². The Morgan fingerprint density at radius 2 is 1.75 bits per heavy atom. The van der Waals surface area contributed by atoms with Crippen LogP contribution in [-0.4, -0.2) is 38.3 Å². The average Bonchev–Trinajstić information content (AvgIpc) is 2.70. The van der Waals surface area contributed by atoms with Crippen LogP contribution in [-0.2, 0) is 10.0 Å². The van der Waals surface area contributed by atoms with E-state index < -0.39 is 10.0 Å². The largest absolute Gasteiger partial charge is 0.494 e. The summed E-state index contributed by atoms with van der Waals surface area (Å²) in [5.41, 5.74) is 1.58. The van der Waals surface area contributed by atoms with Crippen LogP contribution in [0.1, 0.15) is 42.1 Å². The Hall–Kier alpha value is -2.38. The van der Waals surface area contributed by atoms with Crippen molar-refractivity contribution < 1.29 is 17.9 Å². The fourth-order valence-corrected chi connectivity index (χ4v) is 5.04. The number of rotatable bonds is 6. The highest BCUT2D eigenvalue weighted by molar-refractivity contribution is 7.89. The van der Waals surface area contributed by atoms with Crippen molar-refractivity contribution in [2.45, 2.75) is 38.0 Å². The molecule has 6 nitrogen and oxygen atoms in total. The van der Waals surface area contributed by atoms with Crippen LogP contribution in [0.4, 0.5) is 5.69 Å². The van der Waals surface area contributed by atoms with Crippen molar-refractivity contribution >= 4 is 21.6 Å². The lowest BCUT2D eigenvalue weighted by Gasteiger charge is -2.26. The summed E-state index contributed by atoms with van der Waals surface area (Å²) in [6.07, 6.45) is 2.79. The highest BCUT2D eigenvalue weighted by Crippen LogP contribution is 2.25. The van der Waals surface area contributed by atoms with Gasteiger partial charge in [-0.25, -0.2) is 8.42 Å². The maximum Gasteiger partial charge on any atom is 0.255 e. The highest BCUT2D eigenvalue weighted by Gasteiger charge is 2.28. The Labute approximate surface area is 166 Å². The summed E-state index contributed by atoms with van der Waals surface area (Å²) in [6.45, 7) is 5.30. The van der Waals surface area contributed by atoms with E-state index in [-0.39, 0.29) is 10.8 Å². The molecule has 1 amide bonds. The van der Waals surface area contributed by atoms with Crippen LogP contribution in [0.5, 0.6) is 5.75 Å². The molecule has 0 atom stereocenters. The van der Waals surface area contributed by atoms with E-state index in [1.807, 2.05) is 6.92 Å². The summed E-state index contributed by atoms with van der Waals surface area (Å²) < 4.78 is 33.0. The third kappa shape index (κ3) is 4.54. The number of amides is 1. The molecule has 0 radical (unpaired) electrons. The summed E-state index contributed by atoms with van der Waals surface area (Å²) >= 11 is 0. The molecule has 1 heterocycles. The third-order valence-electron chi connectivity index (χ3n) is 4.81. The number of anilines is 1. The Balaban J connectivity index is 1.81. The molecule has 2 aromatic carbocycles. The number of nitrogens with zero attached hydrogens (tertiary/aromatic N) is 1. The summed E-state index contributed by atoms with van der Waals surface area (Å²) in [6, 6.07) is 11.9. The zero-order valence-corrected chi connectivity index (χ0v) is 17.1. The van der Waals surface area contributed by atoms with E-state index >= 15 is 0 Å². The number of ether oxygens (including phenoxy) is 1. The van der Waals surface area contributed by atoms with E-state index in [0.717, 1.165) is 25.0 Å². The van der Waals surface area contributed by atoms with Gasteiger partial charge in [-0.3, -0.25) is 4.79 Å². The van der Waals surface area contributed by atoms with Crippen LogP contribution in [0.15, 0.2) is 47.4 Å². The van der Waals surface area contributed by atoms with Crippen molar-refractivity contribution in [1.29, 1.82) is 0 Å². The van der Waals surface area contributed by atoms with E-state index in [9.17, 15) is 13.2 Å². The van der Waals surface area contributed by atoms with Gasteiger partial charge in [0.15, 0.2) is 0 Å². The second-order valence-corrected chi connectivity index (χ2v) is 8.76. The molecule has 1 fully saturated rings. The van der Waals surface area contributed by atoms with Gasteiger partial charge >= 0.3 is 0 Å². The Morgan fingerprint density at radius 1 is 1.07 bits per heavy atom. The number of aryl methyl sites for hydroxylation is 1. The van der Waals surface area contributed by atoms with E-state index in [4.69, 9.17) is 4.74 Å². The second-order valence-electron chi connectivity index (χ2n) is 6.86. The monoisotopic (exact) mass is 402 g/mol. The molecule has 150 valence electrons. The smallest absolute Gasteiger partial charge is 0.255 e. The van der Waals surface area contributed by atoms with Crippen LogP contribution in [0, 0.1) is 6.92 Å². The SMILES string of the molecule is CCOc1ccc(NC(=O)c2ccc(C)c(S(=O)(=O)N3CCCCC3)c2)cc1. The number of benzene rings is 2. The first kappa shape index (κ1) is 20.4. The molecular formula is C21H26N2O4S. The second kappa shape index (κ2) is 8.75. The maximum absolute atomic E-state index is 13.0. The number of hydrogen-bond acceptors (Lipinski definition) is 4. The van der Waals surface area contributed by atoms with Gasteiger partial charge in [-0.05, 0) is 68.7 Å². The number of sulfonamides is 1. The molecule has 28 heavy (non-hydrogen) atoms. The molecule has 0 unspecified atom stereocenters. The molecule has 1 aliphatic heterocycles. The molecule has 1 N–H and O–H groups in total. The van der Waals surface area contributed by atoms with E-state index in [1.165, 1.54) is 10.4 Å². The van der Waals surface area contributed by atoms with Gasteiger partial charge in [-0.15, -0.1) is 0 Å². The fraction of sp³-hybridized carbons (Fsp3) is 0.381. The average molecular weight is 403 g/mol. The number of nitrogens with one attached hydrogen (secondary N) is 1. The van der Waals surface area contributed by atoms with Crippen LogP contribution in [0.2, 0.25) is 0 Å². The fourth-order valence-electron chi connectivity index (χ4n) is 3.27. The lowest BCUT2D eigenvalue weighted by atomic mass is 10.1. The Morgan fingerprint density at radius 3 is 2.39 bits per heavy atom. The van der Waals surface area contributed by atoms with Crippen LogP contribution in [0.3, 0.4) is 0 Å². The third-order valence-corrected chi connectivity index (χ3v) is 6.85. The van der Waals surface area contributed by atoms with Gasteiger partial charge in [0, 0.05) is 24.3 Å². The minimum atomic E-state index is -3.60. The number of carbonyl (C=O) groups excluding carboxylic acids is 1. The van der Waals surface area contributed by atoms with E-state index in [1.54, 1.807) is 43.3 Å². The van der Waals surface area contributed by atoms with Crippen LogP contribution in [0.25, 0.3) is 0 Å². The molecule has 2 aromatic rings. The molecule has 0 aliphatic carbocycles. The molecule has 0 spiro atoms. The first-order valence-electron chi connectivity index (χ1n) is 9.57. The maximum atomic E-state index is 13.0. The zero-order valence-electron chi connectivity index (χ0n) is 16.3. The summed E-state index contributed by atoms with van der Waals surface area (Å²) in [5.74, 6) is 0.380. The van der Waals surface area contributed by atoms with Gasteiger partial charge < -0.3 is 10.1 Å². The predicted octanol–water partition coefficient (Wildman–Crippen LogP) is 3.82. The number of hydrogen-bond donors (Lipinski definition) is 1. The highest BCUT2D eigenvalue weighted by atomic mass is 32.2. The normalized spacial score (nSPS) is 15.2. The topological polar surface area (TPSA) is 75.7 Å². The van der Waals surface area contributed by atoms with Crippen LogP contribution >= 0.6 is 0 Å². The summed E-state index contributed by atoms with van der Waals surface area (Å²) in [7, 11) is -3.60.